The Hall–Kier alpha value is -1.72. The molecule has 0 aliphatic carbocycles. The van der Waals surface area contributed by atoms with Crippen LogP contribution in [0.5, 0.6) is 0 Å². The minimum atomic E-state index is -0.121. The predicted octanol–water partition coefficient (Wildman–Crippen LogP) is 1.94. The molecule has 1 unspecified atom stereocenters. The van der Waals surface area contributed by atoms with Crippen LogP contribution in [0.2, 0.25) is 0 Å². The molecule has 5 heteroatoms. The van der Waals surface area contributed by atoms with Gasteiger partial charge in [0.1, 0.15) is 6.10 Å². The lowest BCUT2D eigenvalue weighted by Crippen LogP contribution is -2.33. The smallest absolute Gasteiger partial charge is 0.257 e. The highest BCUT2D eigenvalue weighted by Crippen LogP contribution is 2.18. The molecule has 0 radical (unpaired) electrons. The molecule has 1 aromatic carbocycles. The van der Waals surface area contributed by atoms with Crippen molar-refractivity contribution in [2.45, 2.75) is 26.4 Å². The Bertz CT molecular complexity index is 589. The molecule has 0 saturated carbocycles. The standard InChI is InChI=1S/C15H19N3O2/c1-10-3-4-12(7-11(10)2)8-14-17-15(20-18-14)13-9-16-5-6-19-13/h3-4,7,13,16H,5-6,8-9H2,1-2H3. The van der Waals surface area contributed by atoms with Crippen LogP contribution >= 0.6 is 0 Å². The molecule has 0 spiro atoms. The second-order valence-electron chi connectivity index (χ2n) is 5.21. The number of aromatic nitrogens is 2. The average Bonchev–Trinajstić information content (AvgIpc) is 2.92. The van der Waals surface area contributed by atoms with Crippen molar-refractivity contribution in [2.24, 2.45) is 0 Å². The molecule has 1 N–H and O–H groups in total. The molecule has 106 valence electrons. The Morgan fingerprint density at radius 1 is 1.30 bits per heavy atom. The van der Waals surface area contributed by atoms with Gasteiger partial charge in [0.15, 0.2) is 5.82 Å². The zero-order valence-corrected chi connectivity index (χ0v) is 11.8. The van der Waals surface area contributed by atoms with Crippen molar-refractivity contribution in [3.05, 3.63) is 46.6 Å². The normalized spacial score (nSPS) is 19.2. The molecular formula is C15H19N3O2. The van der Waals surface area contributed by atoms with E-state index < -0.39 is 0 Å². The SMILES string of the molecule is Cc1ccc(Cc2noc(C3CNCCO3)n2)cc1C. The van der Waals surface area contributed by atoms with Gasteiger partial charge in [-0.05, 0) is 30.5 Å². The summed E-state index contributed by atoms with van der Waals surface area (Å²) < 4.78 is 10.9. The molecule has 0 amide bonds. The number of hydrogen-bond acceptors (Lipinski definition) is 5. The van der Waals surface area contributed by atoms with Crippen LogP contribution in [-0.4, -0.2) is 29.8 Å². The summed E-state index contributed by atoms with van der Waals surface area (Å²) in [6, 6.07) is 6.40. The Kier molecular flexibility index (Phi) is 3.80. The first-order valence-electron chi connectivity index (χ1n) is 6.93. The van der Waals surface area contributed by atoms with Crippen molar-refractivity contribution < 1.29 is 9.26 Å². The number of morpholine rings is 1. The van der Waals surface area contributed by atoms with Crippen LogP contribution in [0.3, 0.4) is 0 Å². The average molecular weight is 273 g/mol. The maximum atomic E-state index is 5.60. The van der Waals surface area contributed by atoms with Crippen molar-refractivity contribution in [1.82, 2.24) is 15.5 Å². The Labute approximate surface area is 118 Å². The third-order valence-electron chi connectivity index (χ3n) is 3.62. The van der Waals surface area contributed by atoms with Gasteiger partial charge in [-0.3, -0.25) is 0 Å². The predicted molar refractivity (Wildman–Crippen MR) is 74.6 cm³/mol. The van der Waals surface area contributed by atoms with E-state index in [1.165, 1.54) is 16.7 Å². The lowest BCUT2D eigenvalue weighted by Gasteiger charge is -2.19. The highest BCUT2D eigenvalue weighted by atomic mass is 16.5. The molecule has 1 aliphatic heterocycles. The fourth-order valence-electron chi connectivity index (χ4n) is 2.29. The fourth-order valence-corrected chi connectivity index (χ4v) is 2.29. The van der Waals surface area contributed by atoms with Gasteiger partial charge in [-0.15, -0.1) is 0 Å². The number of benzene rings is 1. The van der Waals surface area contributed by atoms with Crippen LogP contribution in [0.15, 0.2) is 22.7 Å². The third kappa shape index (κ3) is 2.89. The first kappa shape index (κ1) is 13.3. The van der Waals surface area contributed by atoms with E-state index in [1.807, 2.05) is 0 Å². The first-order chi connectivity index (χ1) is 9.72. The van der Waals surface area contributed by atoms with Crippen molar-refractivity contribution in [3.63, 3.8) is 0 Å². The van der Waals surface area contributed by atoms with Crippen LogP contribution in [0.4, 0.5) is 0 Å². The van der Waals surface area contributed by atoms with Crippen molar-refractivity contribution in [2.75, 3.05) is 19.7 Å². The molecule has 3 rings (SSSR count). The lowest BCUT2D eigenvalue weighted by molar-refractivity contribution is 0.00755. The van der Waals surface area contributed by atoms with Crippen molar-refractivity contribution in [1.29, 1.82) is 0 Å². The molecule has 2 aromatic rings. The van der Waals surface area contributed by atoms with Crippen LogP contribution in [-0.2, 0) is 11.2 Å². The largest absolute Gasteiger partial charge is 0.366 e. The monoisotopic (exact) mass is 273 g/mol. The molecule has 1 fully saturated rings. The summed E-state index contributed by atoms with van der Waals surface area (Å²) in [7, 11) is 0. The molecule has 0 bridgehead atoms. The second kappa shape index (κ2) is 5.73. The lowest BCUT2D eigenvalue weighted by atomic mass is 10.0. The Morgan fingerprint density at radius 3 is 2.95 bits per heavy atom. The summed E-state index contributed by atoms with van der Waals surface area (Å²) in [5.74, 6) is 1.27. The summed E-state index contributed by atoms with van der Waals surface area (Å²) >= 11 is 0. The minimum absolute atomic E-state index is 0.121. The Morgan fingerprint density at radius 2 is 2.20 bits per heavy atom. The van der Waals surface area contributed by atoms with E-state index in [1.54, 1.807) is 0 Å². The number of aryl methyl sites for hydroxylation is 2. The Balaban J connectivity index is 1.71. The van der Waals surface area contributed by atoms with Crippen molar-refractivity contribution in [3.8, 4) is 0 Å². The highest BCUT2D eigenvalue weighted by molar-refractivity contribution is 5.31. The topological polar surface area (TPSA) is 60.2 Å². The highest BCUT2D eigenvalue weighted by Gasteiger charge is 2.22. The number of rotatable bonds is 3. The molecule has 1 saturated heterocycles. The number of ether oxygens (including phenoxy) is 1. The molecule has 20 heavy (non-hydrogen) atoms. The number of nitrogens with one attached hydrogen (secondary N) is 1. The van der Waals surface area contributed by atoms with Crippen LogP contribution in [0.25, 0.3) is 0 Å². The van der Waals surface area contributed by atoms with Crippen LogP contribution in [0, 0.1) is 13.8 Å². The summed E-state index contributed by atoms with van der Waals surface area (Å²) in [4.78, 5) is 4.44. The van der Waals surface area contributed by atoms with Gasteiger partial charge in [-0.25, -0.2) is 0 Å². The van der Waals surface area contributed by atoms with E-state index in [0.29, 0.717) is 24.7 Å². The molecule has 2 heterocycles. The number of nitrogens with zero attached hydrogens (tertiary/aromatic N) is 2. The maximum Gasteiger partial charge on any atom is 0.257 e. The molecule has 5 nitrogen and oxygen atoms in total. The van der Waals surface area contributed by atoms with Gasteiger partial charge in [0.05, 0.1) is 6.61 Å². The van der Waals surface area contributed by atoms with E-state index in [2.05, 4.69) is 47.5 Å². The summed E-state index contributed by atoms with van der Waals surface area (Å²) in [6.07, 6.45) is 0.565. The van der Waals surface area contributed by atoms with Gasteiger partial charge >= 0.3 is 0 Å². The maximum absolute atomic E-state index is 5.60. The first-order valence-corrected chi connectivity index (χ1v) is 6.93. The zero-order valence-electron chi connectivity index (χ0n) is 11.8. The summed E-state index contributed by atoms with van der Waals surface area (Å²) in [6.45, 7) is 6.51. The van der Waals surface area contributed by atoms with E-state index >= 15 is 0 Å². The quantitative estimate of drug-likeness (QED) is 0.926. The van der Waals surface area contributed by atoms with Gasteiger partial charge in [-0.2, -0.15) is 4.98 Å². The summed E-state index contributed by atoms with van der Waals surface area (Å²) in [5, 5.41) is 7.30. The summed E-state index contributed by atoms with van der Waals surface area (Å²) in [5.41, 5.74) is 3.78. The van der Waals surface area contributed by atoms with Gasteiger partial charge < -0.3 is 14.6 Å². The van der Waals surface area contributed by atoms with Crippen molar-refractivity contribution >= 4 is 0 Å². The van der Waals surface area contributed by atoms with E-state index in [0.717, 1.165) is 13.1 Å². The number of hydrogen-bond donors (Lipinski definition) is 1. The third-order valence-corrected chi connectivity index (χ3v) is 3.62. The van der Waals surface area contributed by atoms with Gasteiger partial charge in [0.2, 0.25) is 0 Å². The fraction of sp³-hybridized carbons (Fsp3) is 0.467. The van der Waals surface area contributed by atoms with Gasteiger partial charge in [0, 0.05) is 19.5 Å². The molecule has 1 atom stereocenters. The van der Waals surface area contributed by atoms with E-state index in [9.17, 15) is 0 Å². The minimum Gasteiger partial charge on any atom is -0.366 e. The molecule has 1 aliphatic rings. The van der Waals surface area contributed by atoms with Crippen LogP contribution in [0.1, 0.15) is 34.5 Å². The molecule has 1 aromatic heterocycles. The molecular weight excluding hydrogens is 254 g/mol. The van der Waals surface area contributed by atoms with E-state index in [4.69, 9.17) is 9.26 Å². The zero-order chi connectivity index (χ0) is 13.9. The van der Waals surface area contributed by atoms with Gasteiger partial charge in [0.25, 0.3) is 5.89 Å². The van der Waals surface area contributed by atoms with Gasteiger partial charge in [-0.1, -0.05) is 23.4 Å². The second-order valence-corrected chi connectivity index (χ2v) is 5.21. The van der Waals surface area contributed by atoms with E-state index in [-0.39, 0.29) is 6.10 Å². The van der Waals surface area contributed by atoms with Crippen LogP contribution < -0.4 is 5.32 Å².